The third-order valence-electron chi connectivity index (χ3n) is 5.94. The number of aromatic nitrogens is 1. The predicted octanol–water partition coefficient (Wildman–Crippen LogP) is 2.02. The smallest absolute Gasteiger partial charge is 0.246 e. The SMILES string of the molecule is O=C(C=Cc1cccnc1)N1CC[C@@H](N2CCN(c3ccccc3F)CC2)[C@H](O)C1. The molecule has 1 amide bonds. The molecule has 6 nitrogen and oxygen atoms in total. The summed E-state index contributed by atoms with van der Waals surface area (Å²) in [5.74, 6) is -0.294. The number of para-hydroxylation sites is 1. The molecule has 2 aromatic rings. The number of piperidine rings is 1. The summed E-state index contributed by atoms with van der Waals surface area (Å²) in [6.07, 6.45) is 6.82. The number of carbonyl (C=O) groups excluding carboxylic acids is 1. The van der Waals surface area contributed by atoms with E-state index in [1.165, 1.54) is 12.1 Å². The fourth-order valence-corrected chi connectivity index (χ4v) is 4.30. The Kier molecular flexibility index (Phi) is 6.40. The van der Waals surface area contributed by atoms with Gasteiger partial charge in [-0.2, -0.15) is 0 Å². The maximum atomic E-state index is 14.0. The minimum atomic E-state index is -0.588. The van der Waals surface area contributed by atoms with E-state index in [0.29, 0.717) is 18.8 Å². The summed E-state index contributed by atoms with van der Waals surface area (Å²) in [7, 11) is 0. The normalized spacial score (nSPS) is 23.1. The van der Waals surface area contributed by atoms with Crippen molar-refractivity contribution < 1.29 is 14.3 Å². The molecule has 0 saturated carbocycles. The van der Waals surface area contributed by atoms with Gasteiger partial charge in [0.25, 0.3) is 0 Å². The van der Waals surface area contributed by atoms with Crippen LogP contribution in [0.2, 0.25) is 0 Å². The highest BCUT2D eigenvalue weighted by Crippen LogP contribution is 2.23. The van der Waals surface area contributed by atoms with Crippen molar-refractivity contribution >= 4 is 17.7 Å². The van der Waals surface area contributed by atoms with Crippen LogP contribution in [-0.4, -0.2) is 77.2 Å². The molecule has 0 spiro atoms. The first-order valence-electron chi connectivity index (χ1n) is 10.4. The Balaban J connectivity index is 1.29. The highest BCUT2D eigenvalue weighted by atomic mass is 19.1. The van der Waals surface area contributed by atoms with E-state index in [1.54, 1.807) is 29.4 Å². The molecule has 2 fully saturated rings. The highest BCUT2D eigenvalue weighted by Gasteiger charge is 2.35. The third-order valence-corrected chi connectivity index (χ3v) is 5.94. The van der Waals surface area contributed by atoms with Gasteiger partial charge >= 0.3 is 0 Å². The van der Waals surface area contributed by atoms with Gasteiger partial charge in [-0.3, -0.25) is 14.7 Å². The quantitative estimate of drug-likeness (QED) is 0.782. The summed E-state index contributed by atoms with van der Waals surface area (Å²) in [6.45, 7) is 3.93. The number of carbonyl (C=O) groups is 1. The number of hydrogen-bond donors (Lipinski definition) is 1. The average molecular weight is 410 g/mol. The zero-order valence-electron chi connectivity index (χ0n) is 16.9. The Morgan fingerprint density at radius 2 is 1.90 bits per heavy atom. The number of anilines is 1. The van der Waals surface area contributed by atoms with Crippen LogP contribution >= 0.6 is 0 Å². The van der Waals surface area contributed by atoms with Crippen molar-refractivity contribution in [1.82, 2.24) is 14.8 Å². The number of hydrogen-bond acceptors (Lipinski definition) is 5. The second kappa shape index (κ2) is 9.36. The van der Waals surface area contributed by atoms with Gasteiger partial charge in [0.1, 0.15) is 5.82 Å². The minimum Gasteiger partial charge on any atom is -0.390 e. The Morgan fingerprint density at radius 1 is 1.10 bits per heavy atom. The summed E-state index contributed by atoms with van der Waals surface area (Å²) in [5, 5.41) is 10.7. The van der Waals surface area contributed by atoms with Gasteiger partial charge in [0.15, 0.2) is 0 Å². The van der Waals surface area contributed by atoms with E-state index in [0.717, 1.165) is 38.2 Å². The zero-order chi connectivity index (χ0) is 20.9. The van der Waals surface area contributed by atoms with Crippen LogP contribution in [0.4, 0.5) is 10.1 Å². The number of benzene rings is 1. The summed E-state index contributed by atoms with van der Waals surface area (Å²) >= 11 is 0. The molecule has 158 valence electrons. The number of aliphatic hydroxyl groups excluding tert-OH is 1. The average Bonchev–Trinajstić information content (AvgIpc) is 2.79. The molecule has 1 aromatic heterocycles. The maximum absolute atomic E-state index is 14.0. The molecule has 0 aliphatic carbocycles. The number of halogens is 1. The van der Waals surface area contributed by atoms with Crippen molar-refractivity contribution in [2.45, 2.75) is 18.6 Å². The molecule has 7 heteroatoms. The van der Waals surface area contributed by atoms with Gasteiger partial charge in [-0.1, -0.05) is 18.2 Å². The number of amides is 1. The van der Waals surface area contributed by atoms with Gasteiger partial charge in [0.2, 0.25) is 5.91 Å². The number of pyridine rings is 1. The molecule has 3 heterocycles. The molecular formula is C23H27FN4O2. The standard InChI is InChI=1S/C23H27FN4O2/c24-19-5-1-2-6-20(19)26-12-14-27(15-13-26)21-9-11-28(17-22(21)29)23(30)8-7-18-4-3-10-25-16-18/h1-8,10,16,21-22,29H,9,11-15,17H2/t21-,22-/m1/s1. The van der Waals surface area contributed by atoms with Crippen LogP contribution in [-0.2, 0) is 4.79 Å². The van der Waals surface area contributed by atoms with Crippen LogP contribution in [0.5, 0.6) is 0 Å². The Labute approximate surface area is 176 Å². The van der Waals surface area contributed by atoms with Crippen molar-refractivity contribution in [2.24, 2.45) is 0 Å². The lowest BCUT2D eigenvalue weighted by Gasteiger charge is -2.45. The van der Waals surface area contributed by atoms with Crippen LogP contribution in [0, 0.1) is 5.82 Å². The van der Waals surface area contributed by atoms with Crippen LogP contribution in [0.1, 0.15) is 12.0 Å². The van der Waals surface area contributed by atoms with E-state index in [9.17, 15) is 14.3 Å². The molecule has 2 atom stereocenters. The van der Waals surface area contributed by atoms with Crippen molar-refractivity contribution in [1.29, 1.82) is 0 Å². The number of piperazine rings is 1. The summed E-state index contributed by atoms with van der Waals surface area (Å²) in [5.41, 5.74) is 1.51. The first-order chi connectivity index (χ1) is 14.6. The predicted molar refractivity (Wildman–Crippen MR) is 114 cm³/mol. The summed E-state index contributed by atoms with van der Waals surface area (Å²) < 4.78 is 14.0. The molecule has 2 aliphatic heterocycles. The molecule has 0 bridgehead atoms. The lowest BCUT2D eigenvalue weighted by molar-refractivity contribution is -0.131. The number of β-amino-alcohol motifs (C(OH)–C–C–N with tert-alkyl or cyclic N) is 1. The zero-order valence-corrected chi connectivity index (χ0v) is 16.9. The van der Waals surface area contributed by atoms with Gasteiger partial charge in [-0.05, 0) is 36.3 Å². The van der Waals surface area contributed by atoms with Crippen LogP contribution in [0.25, 0.3) is 6.08 Å². The molecule has 2 saturated heterocycles. The monoisotopic (exact) mass is 410 g/mol. The van der Waals surface area contributed by atoms with Crippen molar-refractivity contribution in [3.63, 3.8) is 0 Å². The number of nitrogens with zero attached hydrogens (tertiary/aromatic N) is 4. The van der Waals surface area contributed by atoms with Crippen molar-refractivity contribution in [3.05, 3.63) is 66.2 Å². The molecule has 1 aromatic carbocycles. The summed E-state index contributed by atoms with van der Waals surface area (Å²) in [6, 6.07) is 10.6. The largest absolute Gasteiger partial charge is 0.390 e. The molecule has 1 N–H and O–H groups in total. The topological polar surface area (TPSA) is 59.9 Å². The molecule has 0 unspecified atom stereocenters. The maximum Gasteiger partial charge on any atom is 0.246 e. The fraction of sp³-hybridized carbons (Fsp3) is 0.391. The lowest BCUT2D eigenvalue weighted by Crippen LogP contribution is -2.59. The molecular weight excluding hydrogens is 383 g/mol. The number of rotatable bonds is 4. The fourth-order valence-electron chi connectivity index (χ4n) is 4.30. The molecule has 30 heavy (non-hydrogen) atoms. The Bertz CT molecular complexity index is 884. The summed E-state index contributed by atoms with van der Waals surface area (Å²) in [4.78, 5) is 22.5. The lowest BCUT2D eigenvalue weighted by atomic mass is 9.99. The van der Waals surface area contributed by atoms with Crippen LogP contribution < -0.4 is 4.90 Å². The van der Waals surface area contributed by atoms with E-state index in [2.05, 4.69) is 14.8 Å². The van der Waals surface area contributed by atoms with Crippen LogP contribution in [0.3, 0.4) is 0 Å². The second-order valence-corrected chi connectivity index (χ2v) is 7.80. The van der Waals surface area contributed by atoms with Crippen molar-refractivity contribution in [3.8, 4) is 0 Å². The van der Waals surface area contributed by atoms with Gasteiger partial charge < -0.3 is 14.9 Å². The number of aliphatic hydroxyl groups is 1. The van der Waals surface area contributed by atoms with Gasteiger partial charge in [-0.15, -0.1) is 0 Å². The van der Waals surface area contributed by atoms with E-state index in [-0.39, 0.29) is 17.8 Å². The molecule has 4 rings (SSSR count). The Hall–Kier alpha value is -2.77. The van der Waals surface area contributed by atoms with Gasteiger partial charge in [-0.25, -0.2) is 4.39 Å². The van der Waals surface area contributed by atoms with Crippen LogP contribution in [0.15, 0.2) is 54.9 Å². The minimum absolute atomic E-state index is 0.0270. The number of likely N-dealkylation sites (tertiary alicyclic amines) is 1. The first kappa shape index (κ1) is 20.5. The van der Waals surface area contributed by atoms with Gasteiger partial charge in [0.05, 0.1) is 11.8 Å². The van der Waals surface area contributed by atoms with E-state index < -0.39 is 6.10 Å². The highest BCUT2D eigenvalue weighted by molar-refractivity contribution is 5.91. The van der Waals surface area contributed by atoms with Crippen molar-refractivity contribution in [2.75, 3.05) is 44.2 Å². The van der Waals surface area contributed by atoms with E-state index in [1.807, 2.05) is 24.3 Å². The van der Waals surface area contributed by atoms with E-state index in [4.69, 9.17) is 0 Å². The third kappa shape index (κ3) is 4.68. The van der Waals surface area contributed by atoms with Gasteiger partial charge in [0, 0.05) is 63.8 Å². The van der Waals surface area contributed by atoms with E-state index >= 15 is 0 Å². The second-order valence-electron chi connectivity index (χ2n) is 7.80. The first-order valence-corrected chi connectivity index (χ1v) is 10.4. The Morgan fingerprint density at radius 3 is 2.60 bits per heavy atom. The molecule has 2 aliphatic rings. The molecule has 0 radical (unpaired) electrons.